The SMILES string of the molecule is CN=C(NC(=O)Cc1ccc(CCCN)cc1)SC(C)(C)C1CCC(c2nnc(NC(=O)Cc3ccc(C#N)cc3)s2)C1. The summed E-state index contributed by atoms with van der Waals surface area (Å²) in [5.41, 5.74) is 9.19. The van der Waals surface area contributed by atoms with Crippen molar-refractivity contribution in [3.63, 3.8) is 0 Å². The molecule has 0 saturated heterocycles. The van der Waals surface area contributed by atoms with Gasteiger partial charge in [0.05, 0.1) is 24.5 Å². The van der Waals surface area contributed by atoms with Crippen molar-refractivity contribution >= 4 is 45.2 Å². The minimum absolute atomic E-state index is 0.0782. The summed E-state index contributed by atoms with van der Waals surface area (Å²) in [5.74, 6) is 0.430. The minimum Gasteiger partial charge on any atom is -0.330 e. The molecule has 1 aromatic heterocycles. The summed E-state index contributed by atoms with van der Waals surface area (Å²) in [6.45, 7) is 5.08. The zero-order chi connectivity index (χ0) is 30.8. The van der Waals surface area contributed by atoms with Crippen LogP contribution < -0.4 is 16.4 Å². The van der Waals surface area contributed by atoms with Crippen molar-refractivity contribution in [1.82, 2.24) is 15.5 Å². The molecule has 43 heavy (non-hydrogen) atoms. The van der Waals surface area contributed by atoms with Crippen LogP contribution in [0.1, 0.15) is 72.7 Å². The molecule has 3 aromatic rings. The van der Waals surface area contributed by atoms with Crippen LogP contribution in [0.4, 0.5) is 5.13 Å². The fraction of sp³-hybridized carbons (Fsp3) is 0.438. The lowest BCUT2D eigenvalue weighted by molar-refractivity contribution is -0.119. The number of thioether (sulfide) groups is 1. The van der Waals surface area contributed by atoms with Gasteiger partial charge in [-0.3, -0.25) is 14.6 Å². The number of benzene rings is 2. The number of aryl methyl sites for hydroxylation is 1. The molecule has 4 N–H and O–H groups in total. The number of aliphatic imine (C=N–C) groups is 1. The number of hydrogen-bond donors (Lipinski definition) is 3. The highest BCUT2D eigenvalue weighted by atomic mass is 32.2. The Hall–Kier alpha value is -3.59. The van der Waals surface area contributed by atoms with Crippen LogP contribution in [0, 0.1) is 17.2 Å². The van der Waals surface area contributed by atoms with Crippen molar-refractivity contribution in [2.24, 2.45) is 16.6 Å². The van der Waals surface area contributed by atoms with Gasteiger partial charge in [-0.15, -0.1) is 10.2 Å². The molecule has 11 heteroatoms. The number of nitrogens with two attached hydrogens (primary N) is 1. The van der Waals surface area contributed by atoms with Gasteiger partial charge in [-0.1, -0.05) is 59.5 Å². The second kappa shape index (κ2) is 15.2. The van der Waals surface area contributed by atoms with E-state index in [2.05, 4.69) is 57.9 Å². The number of carbonyl (C=O) groups is 2. The van der Waals surface area contributed by atoms with E-state index in [1.165, 1.54) is 16.9 Å². The predicted octanol–water partition coefficient (Wildman–Crippen LogP) is 5.22. The third-order valence-electron chi connectivity index (χ3n) is 7.77. The Morgan fingerprint density at radius 2 is 1.70 bits per heavy atom. The molecule has 4 rings (SSSR count). The molecule has 0 aliphatic heterocycles. The first-order valence-corrected chi connectivity index (χ1v) is 16.2. The van der Waals surface area contributed by atoms with Gasteiger partial charge in [-0.2, -0.15) is 5.26 Å². The number of nitriles is 1. The van der Waals surface area contributed by atoms with E-state index in [1.807, 2.05) is 12.1 Å². The smallest absolute Gasteiger partial charge is 0.230 e. The number of amidine groups is 1. The topological polar surface area (TPSA) is 146 Å². The zero-order valence-electron chi connectivity index (χ0n) is 24.9. The normalized spacial score (nSPS) is 17.0. The lowest BCUT2D eigenvalue weighted by atomic mass is 9.92. The van der Waals surface area contributed by atoms with Gasteiger partial charge in [0, 0.05) is 17.7 Å². The van der Waals surface area contributed by atoms with E-state index in [1.54, 1.807) is 43.1 Å². The van der Waals surface area contributed by atoms with Gasteiger partial charge in [0.15, 0.2) is 5.17 Å². The Kier molecular flexibility index (Phi) is 11.4. The molecule has 226 valence electrons. The summed E-state index contributed by atoms with van der Waals surface area (Å²) >= 11 is 3.04. The molecular weight excluding hydrogens is 579 g/mol. The van der Waals surface area contributed by atoms with Crippen molar-refractivity contribution < 1.29 is 9.59 Å². The number of amides is 2. The molecule has 1 saturated carbocycles. The Morgan fingerprint density at radius 1 is 1.05 bits per heavy atom. The van der Waals surface area contributed by atoms with E-state index in [4.69, 9.17) is 11.0 Å². The van der Waals surface area contributed by atoms with Crippen LogP contribution in [0.25, 0.3) is 0 Å². The number of nitrogens with zero attached hydrogens (tertiary/aromatic N) is 4. The van der Waals surface area contributed by atoms with Gasteiger partial charge in [0.2, 0.25) is 16.9 Å². The molecule has 2 aromatic carbocycles. The van der Waals surface area contributed by atoms with Gasteiger partial charge in [-0.05, 0) is 87.2 Å². The van der Waals surface area contributed by atoms with E-state index in [0.29, 0.717) is 34.7 Å². The summed E-state index contributed by atoms with van der Waals surface area (Å²) in [7, 11) is 1.71. The van der Waals surface area contributed by atoms with E-state index in [-0.39, 0.29) is 28.9 Å². The minimum atomic E-state index is -0.165. The van der Waals surface area contributed by atoms with Crippen molar-refractivity contribution in [3.8, 4) is 6.07 Å². The highest BCUT2D eigenvalue weighted by Gasteiger charge is 2.39. The maximum Gasteiger partial charge on any atom is 0.230 e. The van der Waals surface area contributed by atoms with E-state index in [9.17, 15) is 9.59 Å². The van der Waals surface area contributed by atoms with Gasteiger partial charge >= 0.3 is 0 Å². The van der Waals surface area contributed by atoms with Crippen LogP contribution in [0.3, 0.4) is 0 Å². The summed E-state index contributed by atoms with van der Waals surface area (Å²) in [6.07, 6.45) is 5.38. The molecule has 2 amide bonds. The van der Waals surface area contributed by atoms with Crippen molar-refractivity contribution in [1.29, 1.82) is 5.26 Å². The van der Waals surface area contributed by atoms with Crippen LogP contribution in [0.15, 0.2) is 53.5 Å². The molecule has 9 nitrogen and oxygen atoms in total. The first kappa shape index (κ1) is 32.3. The van der Waals surface area contributed by atoms with Crippen LogP contribution in [-0.2, 0) is 28.9 Å². The Labute approximate surface area is 261 Å². The van der Waals surface area contributed by atoms with Crippen molar-refractivity contribution in [2.75, 3.05) is 18.9 Å². The monoisotopic (exact) mass is 617 g/mol. The first-order valence-electron chi connectivity index (χ1n) is 14.5. The second-order valence-corrected chi connectivity index (χ2v) is 14.0. The van der Waals surface area contributed by atoms with Gasteiger partial charge < -0.3 is 16.4 Å². The number of carbonyl (C=O) groups excluding carboxylic acids is 2. The number of anilines is 1. The lowest BCUT2D eigenvalue weighted by Crippen LogP contribution is -2.35. The second-order valence-electron chi connectivity index (χ2n) is 11.4. The van der Waals surface area contributed by atoms with Crippen molar-refractivity contribution in [2.45, 2.75) is 69.5 Å². The average Bonchev–Trinajstić information content (AvgIpc) is 3.67. The highest BCUT2D eigenvalue weighted by molar-refractivity contribution is 8.15. The average molecular weight is 618 g/mol. The van der Waals surface area contributed by atoms with Crippen LogP contribution in [0.5, 0.6) is 0 Å². The molecule has 1 aliphatic rings. The molecule has 2 atom stereocenters. The van der Waals surface area contributed by atoms with Crippen LogP contribution in [-0.4, -0.2) is 45.5 Å². The molecule has 1 fully saturated rings. The first-order chi connectivity index (χ1) is 20.7. The zero-order valence-corrected chi connectivity index (χ0v) is 26.6. The Morgan fingerprint density at radius 3 is 2.35 bits per heavy atom. The molecule has 0 spiro atoms. The molecule has 1 aliphatic carbocycles. The highest BCUT2D eigenvalue weighted by Crippen LogP contribution is 2.48. The fourth-order valence-electron chi connectivity index (χ4n) is 5.27. The molecule has 2 unspecified atom stereocenters. The van der Waals surface area contributed by atoms with Crippen LogP contribution in [0.2, 0.25) is 0 Å². The van der Waals surface area contributed by atoms with E-state index in [0.717, 1.165) is 48.2 Å². The number of hydrogen-bond acceptors (Lipinski definition) is 9. The summed E-state index contributed by atoms with van der Waals surface area (Å²) < 4.78 is -0.148. The molecule has 0 radical (unpaired) electrons. The Balaban J connectivity index is 1.26. The Bertz CT molecular complexity index is 1460. The molecule has 1 heterocycles. The predicted molar refractivity (Wildman–Crippen MR) is 174 cm³/mol. The maximum absolute atomic E-state index is 12.8. The summed E-state index contributed by atoms with van der Waals surface area (Å²) in [5, 5.41) is 25.5. The van der Waals surface area contributed by atoms with E-state index < -0.39 is 0 Å². The maximum atomic E-state index is 12.8. The van der Waals surface area contributed by atoms with Crippen molar-refractivity contribution in [3.05, 3.63) is 75.8 Å². The standard InChI is InChI=1S/C32H39N7O2S2/c1-32(2,43-30(35-3)36-27(40)17-22-8-6-21(7-9-22)5-4-16-33)26-15-14-25(19-26)29-38-39-31(42-29)37-28(41)18-23-10-12-24(20-34)13-11-23/h6-13,25-26H,4-5,14-19,33H2,1-3H3,(H,35,36,40)(H,37,39,41). The fourth-order valence-corrected chi connectivity index (χ4v) is 7.31. The molecular formula is C32H39N7O2S2. The van der Waals surface area contributed by atoms with Crippen LogP contribution >= 0.6 is 23.1 Å². The quantitative estimate of drug-likeness (QED) is 0.197. The third-order valence-corrected chi connectivity index (χ3v) is 10.1. The lowest BCUT2D eigenvalue weighted by Gasteiger charge is -2.31. The summed E-state index contributed by atoms with van der Waals surface area (Å²) in [4.78, 5) is 29.7. The number of aromatic nitrogens is 2. The van der Waals surface area contributed by atoms with Gasteiger partial charge in [-0.25, -0.2) is 0 Å². The summed E-state index contributed by atoms with van der Waals surface area (Å²) in [6, 6.07) is 17.2. The third kappa shape index (κ3) is 9.45. The largest absolute Gasteiger partial charge is 0.330 e. The van der Waals surface area contributed by atoms with Gasteiger partial charge in [0.1, 0.15) is 5.01 Å². The number of nitrogens with one attached hydrogen (secondary N) is 2. The number of rotatable bonds is 11. The molecule has 0 bridgehead atoms. The van der Waals surface area contributed by atoms with E-state index >= 15 is 0 Å². The van der Waals surface area contributed by atoms with Gasteiger partial charge in [0.25, 0.3) is 0 Å².